The van der Waals surface area contributed by atoms with Gasteiger partial charge < -0.3 is 19.5 Å². The Hall–Kier alpha value is -4.76. The van der Waals surface area contributed by atoms with Gasteiger partial charge in [-0.1, -0.05) is 48.5 Å². The van der Waals surface area contributed by atoms with Crippen molar-refractivity contribution in [2.75, 3.05) is 31.7 Å². The monoisotopic (exact) mass is 596 g/mol. The normalized spacial score (nSPS) is 13.9. The second-order valence-electron chi connectivity index (χ2n) is 9.93. The zero-order valence-electron chi connectivity index (χ0n) is 24.2. The van der Waals surface area contributed by atoms with Gasteiger partial charge in [0.1, 0.15) is 12.4 Å². The zero-order chi connectivity index (χ0) is 30.3. The van der Waals surface area contributed by atoms with Crippen LogP contribution in [0.5, 0.6) is 17.2 Å². The number of nitrogens with zero attached hydrogens (tertiary/aromatic N) is 1. The van der Waals surface area contributed by atoms with Crippen molar-refractivity contribution in [1.82, 2.24) is 4.90 Å². The van der Waals surface area contributed by atoms with Gasteiger partial charge in [-0.15, -0.1) is 0 Å². The zero-order valence-corrected chi connectivity index (χ0v) is 25.0. The quantitative estimate of drug-likeness (QED) is 0.187. The van der Waals surface area contributed by atoms with Crippen LogP contribution in [0.15, 0.2) is 83.8 Å². The van der Waals surface area contributed by atoms with E-state index in [1.165, 1.54) is 4.90 Å². The summed E-state index contributed by atoms with van der Waals surface area (Å²) >= 11 is 0.884. The first-order valence-corrected chi connectivity index (χ1v) is 14.8. The van der Waals surface area contributed by atoms with E-state index >= 15 is 0 Å². The molecular formula is C34H32N2O6S. The number of hydrogen-bond acceptors (Lipinski definition) is 7. The number of fused-ring (bicyclic) bond motifs is 1. The van der Waals surface area contributed by atoms with Crippen molar-refractivity contribution in [3.63, 3.8) is 0 Å². The van der Waals surface area contributed by atoms with Crippen LogP contribution in [0, 0.1) is 13.8 Å². The summed E-state index contributed by atoms with van der Waals surface area (Å²) in [5, 5.41) is 4.51. The first-order valence-electron chi connectivity index (χ1n) is 13.9. The molecule has 1 fully saturated rings. The third-order valence-corrected chi connectivity index (χ3v) is 7.82. The second-order valence-corrected chi connectivity index (χ2v) is 10.9. The number of rotatable bonds is 11. The summed E-state index contributed by atoms with van der Waals surface area (Å²) in [7, 11) is 0. The topological polar surface area (TPSA) is 94.2 Å². The third kappa shape index (κ3) is 7.18. The molecule has 8 nitrogen and oxygen atoms in total. The summed E-state index contributed by atoms with van der Waals surface area (Å²) < 4.78 is 17.4. The Kier molecular flexibility index (Phi) is 9.32. The van der Waals surface area contributed by atoms with E-state index in [1.54, 1.807) is 24.3 Å². The van der Waals surface area contributed by atoms with E-state index in [0.717, 1.165) is 33.7 Å². The van der Waals surface area contributed by atoms with Crippen LogP contribution in [0.2, 0.25) is 0 Å². The molecule has 1 saturated heterocycles. The van der Waals surface area contributed by atoms with E-state index in [4.69, 9.17) is 14.2 Å². The Balaban J connectivity index is 1.21. The maximum atomic E-state index is 13.1. The van der Waals surface area contributed by atoms with Crippen LogP contribution >= 0.6 is 11.8 Å². The highest BCUT2D eigenvalue weighted by Crippen LogP contribution is 2.35. The van der Waals surface area contributed by atoms with Gasteiger partial charge in [-0.05, 0) is 91.0 Å². The molecule has 0 radical (unpaired) electrons. The molecule has 4 aromatic rings. The highest BCUT2D eigenvalue weighted by molar-refractivity contribution is 8.18. The number of benzene rings is 4. The highest BCUT2D eigenvalue weighted by atomic mass is 32.2. The maximum Gasteiger partial charge on any atom is 0.293 e. The number of aryl methyl sites for hydroxylation is 2. The lowest BCUT2D eigenvalue weighted by atomic mass is 10.1. The summed E-state index contributed by atoms with van der Waals surface area (Å²) in [5.74, 6) is 0.852. The van der Waals surface area contributed by atoms with E-state index in [0.29, 0.717) is 40.0 Å². The van der Waals surface area contributed by atoms with Crippen LogP contribution in [-0.2, 0) is 9.59 Å². The fraction of sp³-hybridized carbons (Fsp3) is 0.206. The van der Waals surface area contributed by atoms with Gasteiger partial charge >= 0.3 is 0 Å². The smallest absolute Gasteiger partial charge is 0.293 e. The van der Waals surface area contributed by atoms with Gasteiger partial charge in [0.25, 0.3) is 17.1 Å². The largest absolute Gasteiger partial charge is 0.491 e. The van der Waals surface area contributed by atoms with E-state index in [2.05, 4.69) is 5.32 Å². The number of hydrogen-bond donors (Lipinski definition) is 1. The number of nitrogens with one attached hydrogen (secondary N) is 1. The van der Waals surface area contributed by atoms with E-state index in [1.807, 2.05) is 81.4 Å². The van der Waals surface area contributed by atoms with Gasteiger partial charge in [-0.3, -0.25) is 19.3 Å². The van der Waals surface area contributed by atoms with E-state index in [-0.39, 0.29) is 36.8 Å². The van der Waals surface area contributed by atoms with Crippen LogP contribution in [0.3, 0.4) is 0 Å². The molecule has 4 aromatic carbocycles. The predicted molar refractivity (Wildman–Crippen MR) is 170 cm³/mol. The Labute approximate surface area is 254 Å². The molecule has 0 saturated carbocycles. The summed E-state index contributed by atoms with van der Waals surface area (Å²) in [5.41, 5.74) is 3.59. The van der Waals surface area contributed by atoms with Crippen molar-refractivity contribution in [3.05, 3.63) is 100 Å². The lowest BCUT2D eigenvalue weighted by Gasteiger charge is -2.14. The van der Waals surface area contributed by atoms with Crippen molar-refractivity contribution in [3.8, 4) is 17.2 Å². The van der Waals surface area contributed by atoms with Crippen LogP contribution in [0.4, 0.5) is 10.5 Å². The van der Waals surface area contributed by atoms with Crippen molar-refractivity contribution >= 4 is 51.4 Å². The Morgan fingerprint density at radius 3 is 2.49 bits per heavy atom. The van der Waals surface area contributed by atoms with Crippen molar-refractivity contribution in [2.24, 2.45) is 0 Å². The Bertz CT molecular complexity index is 1710. The van der Waals surface area contributed by atoms with Crippen LogP contribution in [-0.4, -0.2) is 48.3 Å². The molecule has 0 aliphatic carbocycles. The highest BCUT2D eigenvalue weighted by Gasteiger charge is 2.35. The second kappa shape index (κ2) is 13.5. The van der Waals surface area contributed by atoms with Crippen LogP contribution in [0.25, 0.3) is 16.8 Å². The first kappa shape index (κ1) is 29.7. The fourth-order valence-corrected chi connectivity index (χ4v) is 5.44. The molecule has 0 spiro atoms. The number of carbonyl (C=O) groups is 3. The molecular weight excluding hydrogens is 564 g/mol. The molecule has 9 heteroatoms. The van der Waals surface area contributed by atoms with E-state index < -0.39 is 0 Å². The first-order chi connectivity index (χ1) is 20.8. The minimum atomic E-state index is -0.377. The standard InChI is InChI=1S/C34H32N2O6S/c1-4-40-30-19-24(13-15-29(30)42-21-32(37)35-26-14-12-22(2)23(3)18-26)20-31-33(38)36(34(39)43-31)16-17-41-28-11-7-9-25-8-5-6-10-27(25)28/h5-15,18-20H,4,16-17,21H2,1-3H3,(H,35,37)/b31-20-. The maximum absolute atomic E-state index is 13.1. The van der Waals surface area contributed by atoms with Crippen molar-refractivity contribution in [2.45, 2.75) is 20.8 Å². The third-order valence-electron chi connectivity index (χ3n) is 6.91. The minimum Gasteiger partial charge on any atom is -0.491 e. The number of amides is 3. The number of carbonyl (C=O) groups excluding carboxylic acids is 3. The number of anilines is 1. The van der Waals surface area contributed by atoms with Crippen molar-refractivity contribution in [1.29, 1.82) is 0 Å². The van der Waals surface area contributed by atoms with Gasteiger partial charge in [0, 0.05) is 11.1 Å². The molecule has 1 heterocycles. The molecule has 1 aliphatic rings. The molecule has 0 bridgehead atoms. The van der Waals surface area contributed by atoms with Gasteiger partial charge in [0.2, 0.25) is 0 Å². The molecule has 43 heavy (non-hydrogen) atoms. The van der Waals surface area contributed by atoms with E-state index in [9.17, 15) is 14.4 Å². The molecule has 1 aliphatic heterocycles. The molecule has 3 amide bonds. The molecule has 5 rings (SSSR count). The summed E-state index contributed by atoms with van der Waals surface area (Å²) in [4.78, 5) is 39.7. The minimum absolute atomic E-state index is 0.131. The number of ether oxygens (including phenoxy) is 3. The average Bonchev–Trinajstić information content (AvgIpc) is 3.26. The Morgan fingerprint density at radius 1 is 0.860 bits per heavy atom. The van der Waals surface area contributed by atoms with Gasteiger partial charge in [0.05, 0.1) is 18.1 Å². The summed E-state index contributed by atoms with van der Waals surface area (Å²) in [6.45, 7) is 6.32. The average molecular weight is 597 g/mol. The number of thioether (sulfide) groups is 1. The van der Waals surface area contributed by atoms with Gasteiger partial charge in [-0.2, -0.15) is 0 Å². The van der Waals surface area contributed by atoms with Gasteiger partial charge in [0.15, 0.2) is 18.1 Å². The number of imide groups is 1. The Morgan fingerprint density at radius 2 is 1.67 bits per heavy atom. The molecule has 1 N–H and O–H groups in total. The van der Waals surface area contributed by atoms with Gasteiger partial charge in [-0.25, -0.2) is 0 Å². The lowest BCUT2D eigenvalue weighted by Crippen LogP contribution is -2.32. The summed E-state index contributed by atoms with van der Waals surface area (Å²) in [6.07, 6.45) is 1.65. The lowest BCUT2D eigenvalue weighted by molar-refractivity contribution is -0.123. The van der Waals surface area contributed by atoms with Crippen LogP contribution in [0.1, 0.15) is 23.6 Å². The summed E-state index contributed by atoms with van der Waals surface area (Å²) in [6, 6.07) is 24.5. The molecule has 0 unspecified atom stereocenters. The fourth-order valence-electron chi connectivity index (χ4n) is 4.57. The van der Waals surface area contributed by atoms with Crippen LogP contribution < -0.4 is 19.5 Å². The molecule has 220 valence electrons. The van der Waals surface area contributed by atoms with Crippen molar-refractivity contribution < 1.29 is 28.6 Å². The predicted octanol–water partition coefficient (Wildman–Crippen LogP) is 6.99. The SMILES string of the molecule is CCOc1cc(/C=C2\SC(=O)N(CCOc3cccc4ccccc34)C2=O)ccc1OCC(=O)Nc1ccc(C)c(C)c1. The molecule has 0 aromatic heterocycles. The molecule has 0 atom stereocenters.